The van der Waals surface area contributed by atoms with E-state index in [-0.39, 0.29) is 0 Å². The van der Waals surface area contributed by atoms with Crippen molar-refractivity contribution in [1.82, 2.24) is 14.1 Å². The molecule has 0 spiro atoms. The summed E-state index contributed by atoms with van der Waals surface area (Å²) in [5, 5.41) is 7.83. The minimum absolute atomic E-state index is 1.06. The summed E-state index contributed by atoms with van der Waals surface area (Å²) in [6.07, 6.45) is 12.1. The van der Waals surface area contributed by atoms with Gasteiger partial charge in [-0.15, -0.1) is 0 Å². The number of rotatable bonds is 11. The summed E-state index contributed by atoms with van der Waals surface area (Å²) in [7, 11) is 0. The van der Waals surface area contributed by atoms with Crippen molar-refractivity contribution in [3.05, 3.63) is 226 Å². The van der Waals surface area contributed by atoms with Crippen LogP contribution in [-0.2, 0) is 25.7 Å². The lowest BCUT2D eigenvalue weighted by Crippen LogP contribution is -1.96. The van der Waals surface area contributed by atoms with Gasteiger partial charge in [0.05, 0.1) is 22.1 Å². The summed E-state index contributed by atoms with van der Waals surface area (Å²) in [4.78, 5) is 3.54. The largest absolute Gasteiger partial charge is 0.354 e. The first kappa shape index (κ1) is 46.5. The van der Waals surface area contributed by atoms with Crippen molar-refractivity contribution in [2.24, 2.45) is 0 Å². The smallest absolute Gasteiger partial charge is 0.0548 e. The third kappa shape index (κ3) is 9.31. The van der Waals surface area contributed by atoms with Gasteiger partial charge in [-0.1, -0.05) is 155 Å². The molecule has 4 heteroatoms. The molecular weight excluding hydrogens is 974 g/mol. The highest BCUT2D eigenvalue weighted by atomic mass is 127. The van der Waals surface area contributed by atoms with E-state index < -0.39 is 0 Å². The molecule has 9 aromatic carbocycles. The topological polar surface area (TPSA) is 25.6 Å². The predicted octanol–water partition coefficient (Wildman–Crippen LogP) is 19.1. The maximum absolute atomic E-state index is 3.54. The number of hydrogen-bond acceptors (Lipinski definition) is 0. The Balaban J connectivity index is 0.000000144. The number of fused-ring (bicyclic) bond motifs is 12. The zero-order chi connectivity index (χ0) is 48.3. The van der Waals surface area contributed by atoms with Crippen molar-refractivity contribution < 1.29 is 0 Å². The maximum Gasteiger partial charge on any atom is 0.0548 e. The highest BCUT2D eigenvalue weighted by Gasteiger charge is 2.21. The summed E-state index contributed by atoms with van der Waals surface area (Å²) in [5.74, 6) is 0. The highest BCUT2D eigenvalue weighted by molar-refractivity contribution is 14.1. The molecule has 0 saturated heterocycles. The van der Waals surface area contributed by atoms with Crippen LogP contribution in [0.1, 0.15) is 87.1 Å². The second-order valence-corrected chi connectivity index (χ2v) is 20.7. The number of nitrogens with zero attached hydrogens (tertiary/aromatic N) is 2. The molecule has 1 aliphatic rings. The number of aromatic amines is 1. The van der Waals surface area contributed by atoms with Crippen LogP contribution in [-0.4, -0.2) is 14.1 Å². The summed E-state index contributed by atoms with van der Waals surface area (Å²) in [5.41, 5.74) is 19.9. The van der Waals surface area contributed by atoms with E-state index in [9.17, 15) is 0 Å². The van der Waals surface area contributed by atoms with E-state index >= 15 is 0 Å². The Morgan fingerprint density at radius 1 is 0.380 bits per heavy atom. The molecule has 12 aromatic rings. The van der Waals surface area contributed by atoms with Crippen LogP contribution in [0, 0.1) is 3.57 Å². The molecule has 13 rings (SSSR count). The average Bonchev–Trinajstić information content (AvgIpc) is 4.16. The molecule has 0 amide bonds. The van der Waals surface area contributed by atoms with E-state index in [2.05, 4.69) is 252 Å². The van der Waals surface area contributed by atoms with Crippen LogP contribution >= 0.6 is 22.6 Å². The van der Waals surface area contributed by atoms with Crippen molar-refractivity contribution in [2.75, 3.05) is 0 Å². The molecule has 1 aliphatic carbocycles. The van der Waals surface area contributed by atoms with Gasteiger partial charge in [-0.25, -0.2) is 0 Å². The molecule has 0 atom stereocenters. The zero-order valence-electron chi connectivity index (χ0n) is 41.3. The molecule has 0 aliphatic heterocycles. The Labute approximate surface area is 432 Å². The molecule has 1 N–H and O–H groups in total. The van der Waals surface area contributed by atoms with Crippen LogP contribution in [0.25, 0.3) is 87.9 Å². The number of hydrogen-bond donors (Lipinski definition) is 1. The molecule has 71 heavy (non-hydrogen) atoms. The number of benzene rings is 9. The number of halogens is 1. The number of nitrogens with one attached hydrogen (secondary N) is 1. The Morgan fingerprint density at radius 3 is 1.38 bits per heavy atom. The van der Waals surface area contributed by atoms with Crippen LogP contribution < -0.4 is 0 Å². The van der Waals surface area contributed by atoms with E-state index in [4.69, 9.17) is 0 Å². The van der Waals surface area contributed by atoms with Crippen molar-refractivity contribution >= 4 is 88.0 Å². The van der Waals surface area contributed by atoms with Gasteiger partial charge in [0.2, 0.25) is 0 Å². The molecule has 3 aromatic heterocycles. The van der Waals surface area contributed by atoms with E-state index in [1.807, 2.05) is 0 Å². The Kier molecular flexibility index (Phi) is 13.6. The van der Waals surface area contributed by atoms with E-state index in [1.165, 1.54) is 164 Å². The molecule has 0 bridgehead atoms. The SMILES string of the molecule is CCCCc1ccc(-n2c3ccccc3c3cc4c(cc32)c2ccccc2n4-c2ccc(CCCC)cc2)cc1.CCCCc1ccc(I)cc1.c1ccc2c(c1)Cc1cc3c(cc1-2)[nH]c1ccccc13. The number of unbranched alkanes of at least 4 members (excludes halogenated alkanes) is 3. The summed E-state index contributed by atoms with van der Waals surface area (Å²) in [6, 6.07) is 71.7. The van der Waals surface area contributed by atoms with E-state index in [1.54, 1.807) is 0 Å². The molecule has 0 fully saturated rings. The number of aryl methyl sites for hydroxylation is 3. The van der Waals surface area contributed by atoms with Gasteiger partial charge in [0.25, 0.3) is 0 Å². The van der Waals surface area contributed by atoms with Gasteiger partial charge in [-0.05, 0) is 185 Å². The summed E-state index contributed by atoms with van der Waals surface area (Å²) in [6.45, 7) is 6.74. The molecular formula is C67H62IN3. The third-order valence-electron chi connectivity index (χ3n) is 14.6. The fraction of sp³-hybridized carbons (Fsp3) is 0.194. The predicted molar refractivity (Wildman–Crippen MR) is 314 cm³/mol. The van der Waals surface area contributed by atoms with Crippen molar-refractivity contribution in [2.45, 2.75) is 85.0 Å². The van der Waals surface area contributed by atoms with Crippen molar-refractivity contribution in [3.8, 4) is 22.5 Å². The lowest BCUT2D eigenvalue weighted by Gasteiger charge is -2.10. The van der Waals surface area contributed by atoms with Gasteiger partial charge in [0.15, 0.2) is 0 Å². The van der Waals surface area contributed by atoms with Crippen LogP contribution in [0.15, 0.2) is 194 Å². The first-order valence-corrected chi connectivity index (χ1v) is 27.1. The minimum atomic E-state index is 1.06. The average molecular weight is 1040 g/mol. The van der Waals surface area contributed by atoms with Gasteiger partial charge >= 0.3 is 0 Å². The van der Waals surface area contributed by atoms with Gasteiger partial charge in [0.1, 0.15) is 0 Å². The Morgan fingerprint density at radius 2 is 0.845 bits per heavy atom. The highest BCUT2D eigenvalue weighted by Crippen LogP contribution is 2.42. The Hall–Kier alpha value is -6.89. The van der Waals surface area contributed by atoms with E-state index in [0.29, 0.717) is 0 Å². The molecule has 352 valence electrons. The molecule has 0 unspecified atom stereocenters. The van der Waals surface area contributed by atoms with Crippen molar-refractivity contribution in [3.63, 3.8) is 0 Å². The number of para-hydroxylation sites is 3. The second kappa shape index (κ2) is 20.8. The zero-order valence-corrected chi connectivity index (χ0v) is 43.5. The Bertz CT molecular complexity index is 3650. The molecule has 0 radical (unpaired) electrons. The lowest BCUT2D eigenvalue weighted by molar-refractivity contribution is 0.795. The normalized spacial score (nSPS) is 11.8. The minimum Gasteiger partial charge on any atom is -0.354 e. The second-order valence-electron chi connectivity index (χ2n) is 19.4. The molecule has 3 nitrogen and oxygen atoms in total. The standard InChI is InChI=1S/C38H36N2.C19H13N.C10H13I/c1-3-5-11-27-17-21-29(22-18-27)39-35-15-9-7-13-31(35)33-26-38-34(25-37(33)39)32-14-8-10-16-36(32)40(38)30-23-19-28(20-24-30)12-6-4-2;1-2-6-14-12(5-1)9-13-10-17-15-7-3-4-8-18(15)20-19(17)11-16(13)14;1-2-3-4-9-5-7-10(11)8-6-9/h7-10,13-26H,3-6,11-12H2,1-2H3;1-8,10-11,20H,9H2;5-8H,2-4H2,1H3. The quantitative estimate of drug-likeness (QED) is 0.125. The number of aromatic nitrogens is 3. The van der Waals surface area contributed by atoms with Crippen LogP contribution in [0.4, 0.5) is 0 Å². The maximum atomic E-state index is 3.54. The van der Waals surface area contributed by atoms with Gasteiger partial charge < -0.3 is 14.1 Å². The lowest BCUT2D eigenvalue weighted by atomic mass is 10.0. The molecule has 0 saturated carbocycles. The third-order valence-corrected chi connectivity index (χ3v) is 15.4. The van der Waals surface area contributed by atoms with Crippen molar-refractivity contribution in [1.29, 1.82) is 0 Å². The monoisotopic (exact) mass is 1040 g/mol. The fourth-order valence-corrected chi connectivity index (χ4v) is 11.2. The van der Waals surface area contributed by atoms with Crippen LogP contribution in [0.2, 0.25) is 0 Å². The molecule has 3 heterocycles. The van der Waals surface area contributed by atoms with E-state index in [0.717, 1.165) is 19.3 Å². The first-order valence-electron chi connectivity index (χ1n) is 26.0. The van der Waals surface area contributed by atoms with Crippen LogP contribution in [0.5, 0.6) is 0 Å². The first-order chi connectivity index (χ1) is 35.0. The van der Waals surface area contributed by atoms with Gasteiger partial charge in [-0.3, -0.25) is 0 Å². The fourth-order valence-electron chi connectivity index (χ4n) is 10.9. The number of H-pyrrole nitrogens is 1. The summed E-state index contributed by atoms with van der Waals surface area (Å²) >= 11 is 2.33. The van der Waals surface area contributed by atoms with Crippen LogP contribution in [0.3, 0.4) is 0 Å². The van der Waals surface area contributed by atoms with Gasteiger partial charge in [0, 0.05) is 58.3 Å². The van der Waals surface area contributed by atoms with Gasteiger partial charge in [-0.2, -0.15) is 0 Å². The summed E-state index contributed by atoms with van der Waals surface area (Å²) < 4.78 is 6.22.